The highest BCUT2D eigenvalue weighted by Gasteiger charge is 2.18. The molecule has 0 amide bonds. The van der Waals surface area contributed by atoms with Gasteiger partial charge in [-0.1, -0.05) is 23.9 Å². The van der Waals surface area contributed by atoms with E-state index in [1.807, 2.05) is 6.07 Å². The van der Waals surface area contributed by atoms with E-state index in [0.717, 1.165) is 64.8 Å². The van der Waals surface area contributed by atoms with E-state index in [9.17, 15) is 0 Å². The van der Waals surface area contributed by atoms with Gasteiger partial charge in [-0.3, -0.25) is 4.90 Å². The van der Waals surface area contributed by atoms with Gasteiger partial charge in [0.25, 0.3) is 0 Å². The average Bonchev–Trinajstić information content (AvgIpc) is 3.27. The van der Waals surface area contributed by atoms with E-state index in [-0.39, 0.29) is 0 Å². The number of ether oxygens (including phenoxy) is 1. The zero-order valence-electron chi connectivity index (χ0n) is 16.5. The van der Waals surface area contributed by atoms with Gasteiger partial charge in [-0.15, -0.1) is 22.7 Å². The molecule has 0 unspecified atom stereocenters. The van der Waals surface area contributed by atoms with E-state index in [1.54, 1.807) is 34.4 Å². The summed E-state index contributed by atoms with van der Waals surface area (Å²) in [5.74, 6) is 1.74. The van der Waals surface area contributed by atoms with E-state index >= 15 is 0 Å². The van der Waals surface area contributed by atoms with Crippen LogP contribution in [0.2, 0.25) is 0 Å². The Morgan fingerprint density at radius 2 is 1.90 bits per heavy atom. The molecule has 8 heteroatoms. The standard InChI is InChI=1S/C21H22N4OS3/c1-13-14(2)28-21-19(13)20(23-17(24-21)11-25-7-9-26-10-8-25)27-12-18-22-15-5-3-4-6-16(15)29-18/h3-6H,7-12H2,1-2H3. The number of aryl methyl sites for hydroxylation is 2. The average molecular weight is 443 g/mol. The lowest BCUT2D eigenvalue weighted by atomic mass is 10.2. The van der Waals surface area contributed by atoms with Crippen LogP contribution in [-0.2, 0) is 17.0 Å². The first-order valence-electron chi connectivity index (χ1n) is 9.71. The van der Waals surface area contributed by atoms with Gasteiger partial charge in [-0.05, 0) is 31.5 Å². The van der Waals surface area contributed by atoms with Crippen molar-refractivity contribution in [1.29, 1.82) is 0 Å². The van der Waals surface area contributed by atoms with Crippen molar-refractivity contribution in [3.63, 3.8) is 0 Å². The number of aromatic nitrogens is 3. The molecular weight excluding hydrogens is 420 g/mol. The summed E-state index contributed by atoms with van der Waals surface area (Å²) in [4.78, 5) is 19.5. The van der Waals surface area contributed by atoms with Gasteiger partial charge in [0, 0.05) is 23.4 Å². The number of benzene rings is 1. The summed E-state index contributed by atoms with van der Waals surface area (Å²) < 4.78 is 6.71. The zero-order chi connectivity index (χ0) is 19.8. The predicted molar refractivity (Wildman–Crippen MR) is 122 cm³/mol. The van der Waals surface area contributed by atoms with Crippen LogP contribution in [-0.4, -0.2) is 46.2 Å². The Balaban J connectivity index is 1.45. The first-order chi connectivity index (χ1) is 14.2. The maximum Gasteiger partial charge on any atom is 0.145 e. The molecule has 0 aliphatic carbocycles. The molecule has 0 saturated carbocycles. The largest absolute Gasteiger partial charge is 0.379 e. The van der Waals surface area contributed by atoms with Gasteiger partial charge in [-0.25, -0.2) is 15.0 Å². The fourth-order valence-corrected chi connectivity index (χ4v) is 6.68. The molecule has 3 aromatic heterocycles. The number of hydrogen-bond donors (Lipinski definition) is 0. The minimum absolute atomic E-state index is 0.782. The van der Waals surface area contributed by atoms with Crippen LogP contribution in [0, 0.1) is 13.8 Å². The Hall–Kier alpha value is -1.58. The van der Waals surface area contributed by atoms with Crippen molar-refractivity contribution in [1.82, 2.24) is 19.9 Å². The van der Waals surface area contributed by atoms with Gasteiger partial charge < -0.3 is 4.74 Å². The molecule has 5 nitrogen and oxygen atoms in total. The summed E-state index contributed by atoms with van der Waals surface area (Å²) >= 11 is 5.33. The molecule has 5 rings (SSSR count). The number of fused-ring (bicyclic) bond motifs is 2. The van der Waals surface area contributed by atoms with E-state index in [4.69, 9.17) is 19.7 Å². The van der Waals surface area contributed by atoms with Crippen molar-refractivity contribution >= 4 is 54.9 Å². The number of morpholine rings is 1. The maximum atomic E-state index is 5.47. The van der Waals surface area contributed by atoms with Crippen molar-refractivity contribution < 1.29 is 4.74 Å². The molecular formula is C21H22N4OS3. The summed E-state index contributed by atoms with van der Waals surface area (Å²) in [6.45, 7) is 8.60. The lowest BCUT2D eigenvalue weighted by Crippen LogP contribution is -2.36. The van der Waals surface area contributed by atoms with Crippen LogP contribution < -0.4 is 0 Å². The van der Waals surface area contributed by atoms with Gasteiger partial charge in [0.1, 0.15) is 20.7 Å². The van der Waals surface area contributed by atoms with E-state index < -0.39 is 0 Å². The molecule has 1 aliphatic rings. The molecule has 1 aromatic carbocycles. The van der Waals surface area contributed by atoms with Crippen LogP contribution in [0.25, 0.3) is 20.4 Å². The molecule has 1 aliphatic heterocycles. The van der Waals surface area contributed by atoms with E-state index in [1.165, 1.54) is 20.5 Å². The molecule has 4 heterocycles. The number of rotatable bonds is 5. The monoisotopic (exact) mass is 442 g/mol. The lowest BCUT2D eigenvalue weighted by Gasteiger charge is -2.25. The molecule has 1 fully saturated rings. The summed E-state index contributed by atoms with van der Waals surface area (Å²) in [5.41, 5.74) is 2.38. The van der Waals surface area contributed by atoms with Crippen LogP contribution in [0.5, 0.6) is 0 Å². The Bertz CT molecular complexity index is 1130. The highest BCUT2D eigenvalue weighted by molar-refractivity contribution is 7.98. The first kappa shape index (κ1) is 19.4. The Kier molecular flexibility index (Phi) is 5.53. The van der Waals surface area contributed by atoms with Crippen LogP contribution in [0.15, 0.2) is 29.3 Å². The fraction of sp³-hybridized carbons (Fsp3) is 0.381. The second-order valence-electron chi connectivity index (χ2n) is 7.16. The summed E-state index contributed by atoms with van der Waals surface area (Å²) in [6, 6.07) is 8.33. The Morgan fingerprint density at radius 1 is 1.07 bits per heavy atom. The summed E-state index contributed by atoms with van der Waals surface area (Å²) in [6.07, 6.45) is 0. The highest BCUT2D eigenvalue weighted by atomic mass is 32.2. The zero-order valence-corrected chi connectivity index (χ0v) is 18.9. The predicted octanol–water partition coefficient (Wildman–Crippen LogP) is 5.04. The number of thioether (sulfide) groups is 1. The van der Waals surface area contributed by atoms with E-state index in [0.29, 0.717) is 0 Å². The fourth-order valence-electron chi connectivity index (χ4n) is 3.50. The smallest absolute Gasteiger partial charge is 0.145 e. The van der Waals surface area contributed by atoms with Gasteiger partial charge >= 0.3 is 0 Å². The van der Waals surface area contributed by atoms with Crippen LogP contribution >= 0.6 is 34.4 Å². The lowest BCUT2D eigenvalue weighted by molar-refractivity contribution is 0.0330. The normalized spacial score (nSPS) is 15.5. The van der Waals surface area contributed by atoms with Crippen LogP contribution in [0.3, 0.4) is 0 Å². The van der Waals surface area contributed by atoms with Gasteiger partial charge in [0.15, 0.2) is 0 Å². The Labute approximate surface area is 182 Å². The third-order valence-corrected chi connectivity index (χ3v) is 8.49. The third kappa shape index (κ3) is 4.04. The topological polar surface area (TPSA) is 51.1 Å². The quantitative estimate of drug-likeness (QED) is 0.319. The third-order valence-electron chi connectivity index (χ3n) is 5.18. The van der Waals surface area contributed by atoms with Crippen LogP contribution in [0.4, 0.5) is 0 Å². The van der Waals surface area contributed by atoms with Crippen molar-refractivity contribution in [2.24, 2.45) is 0 Å². The molecule has 0 atom stereocenters. The molecule has 0 spiro atoms. The van der Waals surface area contributed by atoms with Crippen LogP contribution in [0.1, 0.15) is 21.3 Å². The van der Waals surface area contributed by atoms with E-state index in [2.05, 4.69) is 36.9 Å². The van der Waals surface area contributed by atoms with Gasteiger partial charge in [0.05, 0.1) is 35.7 Å². The van der Waals surface area contributed by atoms with Crippen molar-refractivity contribution in [3.05, 3.63) is 45.5 Å². The summed E-state index contributed by atoms with van der Waals surface area (Å²) in [5, 5.41) is 3.44. The maximum absolute atomic E-state index is 5.47. The van der Waals surface area contributed by atoms with Gasteiger partial charge in [-0.2, -0.15) is 0 Å². The number of nitrogens with zero attached hydrogens (tertiary/aromatic N) is 4. The van der Waals surface area contributed by atoms with Crippen molar-refractivity contribution in [2.45, 2.75) is 31.2 Å². The first-order valence-corrected chi connectivity index (χ1v) is 12.3. The number of thiophene rings is 1. The molecule has 4 aromatic rings. The summed E-state index contributed by atoms with van der Waals surface area (Å²) in [7, 11) is 0. The SMILES string of the molecule is Cc1sc2nc(CN3CCOCC3)nc(SCc3nc4ccccc4s3)c2c1C. The molecule has 0 radical (unpaired) electrons. The molecule has 1 saturated heterocycles. The second-order valence-corrected chi connectivity index (χ2v) is 10.4. The molecule has 0 N–H and O–H groups in total. The minimum Gasteiger partial charge on any atom is -0.379 e. The number of hydrogen-bond acceptors (Lipinski definition) is 8. The number of thiazole rings is 1. The molecule has 150 valence electrons. The molecule has 29 heavy (non-hydrogen) atoms. The minimum atomic E-state index is 0.782. The van der Waals surface area contributed by atoms with Crippen molar-refractivity contribution in [2.75, 3.05) is 26.3 Å². The second kappa shape index (κ2) is 8.28. The Morgan fingerprint density at radius 3 is 2.72 bits per heavy atom. The molecule has 0 bridgehead atoms. The van der Waals surface area contributed by atoms with Gasteiger partial charge in [0.2, 0.25) is 0 Å². The number of para-hydroxylation sites is 1. The van der Waals surface area contributed by atoms with Crippen molar-refractivity contribution in [3.8, 4) is 0 Å². The highest BCUT2D eigenvalue weighted by Crippen LogP contribution is 2.37.